The molecule has 0 radical (unpaired) electrons. The third kappa shape index (κ3) is 1.24. The van der Waals surface area contributed by atoms with E-state index in [0.29, 0.717) is 5.92 Å². The number of hydrogen-bond acceptors (Lipinski definition) is 3. The first-order valence-electron chi connectivity index (χ1n) is 4.35. The Bertz CT molecular complexity index is 242. The summed E-state index contributed by atoms with van der Waals surface area (Å²) >= 11 is 0. The number of hydrogen-bond donors (Lipinski definition) is 0. The zero-order valence-corrected chi connectivity index (χ0v) is 7.13. The number of rotatable bonds is 2. The third-order valence-electron chi connectivity index (χ3n) is 2.67. The van der Waals surface area contributed by atoms with Crippen LogP contribution in [-0.4, -0.2) is 11.9 Å². The molecule has 0 N–H and O–H groups in total. The van der Waals surface area contributed by atoms with Gasteiger partial charge in [0.2, 0.25) is 0 Å². The van der Waals surface area contributed by atoms with Crippen molar-refractivity contribution in [2.24, 2.45) is 11.3 Å². The van der Waals surface area contributed by atoms with Crippen LogP contribution in [0.1, 0.15) is 32.6 Å². The van der Waals surface area contributed by atoms with Crippen molar-refractivity contribution in [3.63, 3.8) is 0 Å². The second-order valence-electron chi connectivity index (χ2n) is 4.15. The van der Waals surface area contributed by atoms with Gasteiger partial charge in [0.15, 0.2) is 0 Å². The summed E-state index contributed by atoms with van der Waals surface area (Å²) in [5.74, 6) is -0.0176. The van der Waals surface area contributed by atoms with E-state index in [0.717, 1.165) is 6.42 Å². The van der Waals surface area contributed by atoms with Gasteiger partial charge in [0.25, 0.3) is 0 Å². The van der Waals surface area contributed by atoms with Crippen LogP contribution >= 0.6 is 0 Å². The SMILES string of the molecule is CC1(CC2CC2)CC(=O)OC1=O. The minimum absolute atomic E-state index is 0.280. The number of ether oxygens (including phenoxy) is 1. The molecule has 0 spiro atoms. The number of carbonyl (C=O) groups excluding carboxylic acids is 2. The van der Waals surface area contributed by atoms with Crippen molar-refractivity contribution in [3.8, 4) is 0 Å². The van der Waals surface area contributed by atoms with E-state index in [1.807, 2.05) is 6.92 Å². The Labute approximate surface area is 71.1 Å². The van der Waals surface area contributed by atoms with Crippen LogP contribution in [0, 0.1) is 11.3 Å². The lowest BCUT2D eigenvalue weighted by atomic mass is 9.83. The molecule has 0 aromatic rings. The van der Waals surface area contributed by atoms with Crippen molar-refractivity contribution in [1.29, 1.82) is 0 Å². The molecular formula is C9H12O3. The molecule has 2 rings (SSSR count). The van der Waals surface area contributed by atoms with Crippen molar-refractivity contribution in [2.45, 2.75) is 32.6 Å². The second kappa shape index (κ2) is 2.31. The molecule has 3 heteroatoms. The molecule has 1 aliphatic heterocycles. The molecule has 66 valence electrons. The zero-order valence-electron chi connectivity index (χ0n) is 7.13. The topological polar surface area (TPSA) is 43.4 Å². The summed E-state index contributed by atoms with van der Waals surface area (Å²) in [6, 6.07) is 0. The van der Waals surface area contributed by atoms with Gasteiger partial charge in [-0.15, -0.1) is 0 Å². The van der Waals surface area contributed by atoms with E-state index >= 15 is 0 Å². The Kier molecular flexibility index (Phi) is 1.50. The molecule has 0 aromatic heterocycles. The van der Waals surface area contributed by atoms with Gasteiger partial charge < -0.3 is 4.74 Å². The summed E-state index contributed by atoms with van der Waals surface area (Å²) in [5, 5.41) is 0. The van der Waals surface area contributed by atoms with Crippen LogP contribution < -0.4 is 0 Å². The first-order chi connectivity index (χ1) is 5.60. The van der Waals surface area contributed by atoms with Gasteiger partial charge in [-0.2, -0.15) is 0 Å². The first kappa shape index (κ1) is 7.77. The van der Waals surface area contributed by atoms with Crippen molar-refractivity contribution in [2.75, 3.05) is 0 Å². The average Bonchev–Trinajstić information content (AvgIpc) is 2.65. The summed E-state index contributed by atoms with van der Waals surface area (Å²) in [6.07, 6.45) is 3.52. The predicted octanol–water partition coefficient (Wildman–Crippen LogP) is 1.27. The molecule has 0 aromatic carbocycles. The fourth-order valence-electron chi connectivity index (χ4n) is 1.77. The van der Waals surface area contributed by atoms with E-state index in [1.54, 1.807) is 0 Å². The Hall–Kier alpha value is -0.860. The van der Waals surface area contributed by atoms with Crippen LogP contribution in [-0.2, 0) is 14.3 Å². The molecule has 3 nitrogen and oxygen atoms in total. The molecule has 12 heavy (non-hydrogen) atoms. The second-order valence-corrected chi connectivity index (χ2v) is 4.15. The third-order valence-corrected chi connectivity index (χ3v) is 2.67. The summed E-state index contributed by atoms with van der Waals surface area (Å²) in [4.78, 5) is 22.1. The highest BCUT2D eigenvalue weighted by molar-refractivity contribution is 5.97. The number of esters is 2. The van der Waals surface area contributed by atoms with E-state index in [9.17, 15) is 9.59 Å². The quantitative estimate of drug-likeness (QED) is 0.460. The van der Waals surface area contributed by atoms with Gasteiger partial charge in [-0.25, -0.2) is 0 Å². The van der Waals surface area contributed by atoms with Gasteiger partial charge in [-0.1, -0.05) is 12.8 Å². The molecule has 1 unspecified atom stereocenters. The van der Waals surface area contributed by atoms with Gasteiger partial charge in [-0.3, -0.25) is 9.59 Å². The standard InChI is InChI=1S/C9H12O3/c1-9(4-6-2-3-6)5-7(10)12-8(9)11/h6H,2-5H2,1H3. The van der Waals surface area contributed by atoms with Crippen LogP contribution in [0.2, 0.25) is 0 Å². The molecule has 0 amide bonds. The van der Waals surface area contributed by atoms with Crippen LogP contribution in [0.25, 0.3) is 0 Å². The van der Waals surface area contributed by atoms with Crippen LogP contribution in [0.4, 0.5) is 0 Å². The highest BCUT2D eigenvalue weighted by Crippen LogP contribution is 2.44. The summed E-state index contributed by atoms with van der Waals surface area (Å²) in [5.41, 5.74) is -0.502. The van der Waals surface area contributed by atoms with Gasteiger partial charge in [0.1, 0.15) is 0 Å². The lowest BCUT2D eigenvalue weighted by molar-refractivity contribution is -0.155. The van der Waals surface area contributed by atoms with Crippen LogP contribution in [0.5, 0.6) is 0 Å². The van der Waals surface area contributed by atoms with E-state index in [-0.39, 0.29) is 18.4 Å². The maximum Gasteiger partial charge on any atom is 0.320 e. The summed E-state index contributed by atoms with van der Waals surface area (Å²) in [7, 11) is 0. The Balaban J connectivity index is 2.07. The number of carbonyl (C=O) groups is 2. The Morgan fingerprint density at radius 3 is 2.58 bits per heavy atom. The lowest BCUT2D eigenvalue weighted by Gasteiger charge is -2.16. The van der Waals surface area contributed by atoms with E-state index < -0.39 is 5.41 Å². The molecule has 1 saturated heterocycles. The normalized spacial score (nSPS) is 35.4. The Morgan fingerprint density at radius 2 is 2.17 bits per heavy atom. The highest BCUT2D eigenvalue weighted by atomic mass is 16.6. The largest absolute Gasteiger partial charge is 0.393 e. The van der Waals surface area contributed by atoms with Gasteiger partial charge >= 0.3 is 11.9 Å². The highest BCUT2D eigenvalue weighted by Gasteiger charge is 2.47. The van der Waals surface area contributed by atoms with Crippen LogP contribution in [0.3, 0.4) is 0 Å². The van der Waals surface area contributed by atoms with E-state index in [2.05, 4.69) is 4.74 Å². The van der Waals surface area contributed by atoms with Crippen molar-refractivity contribution < 1.29 is 14.3 Å². The van der Waals surface area contributed by atoms with Crippen LogP contribution in [0.15, 0.2) is 0 Å². The van der Waals surface area contributed by atoms with Gasteiger partial charge in [-0.05, 0) is 19.3 Å². The summed E-state index contributed by atoms with van der Waals surface area (Å²) in [6.45, 7) is 1.83. The summed E-state index contributed by atoms with van der Waals surface area (Å²) < 4.78 is 4.53. The van der Waals surface area contributed by atoms with Gasteiger partial charge in [0.05, 0.1) is 11.8 Å². The first-order valence-corrected chi connectivity index (χ1v) is 4.35. The maximum atomic E-state index is 11.2. The lowest BCUT2D eigenvalue weighted by Crippen LogP contribution is -2.22. The predicted molar refractivity (Wildman–Crippen MR) is 41.2 cm³/mol. The monoisotopic (exact) mass is 168 g/mol. The molecule has 1 heterocycles. The molecule has 2 fully saturated rings. The molecule has 1 saturated carbocycles. The molecule has 2 aliphatic rings. The van der Waals surface area contributed by atoms with Crippen molar-refractivity contribution >= 4 is 11.9 Å². The molecule has 0 bridgehead atoms. The minimum atomic E-state index is -0.502. The van der Waals surface area contributed by atoms with E-state index in [1.165, 1.54) is 12.8 Å². The fraction of sp³-hybridized carbons (Fsp3) is 0.778. The van der Waals surface area contributed by atoms with Crippen molar-refractivity contribution in [3.05, 3.63) is 0 Å². The maximum absolute atomic E-state index is 11.2. The Morgan fingerprint density at radius 1 is 1.50 bits per heavy atom. The van der Waals surface area contributed by atoms with E-state index in [4.69, 9.17) is 0 Å². The van der Waals surface area contributed by atoms with Gasteiger partial charge in [0, 0.05) is 0 Å². The average molecular weight is 168 g/mol. The van der Waals surface area contributed by atoms with Crippen molar-refractivity contribution in [1.82, 2.24) is 0 Å². The zero-order chi connectivity index (χ0) is 8.77. The minimum Gasteiger partial charge on any atom is -0.393 e. The molecule has 1 aliphatic carbocycles. The molecular weight excluding hydrogens is 156 g/mol. The smallest absolute Gasteiger partial charge is 0.320 e. The molecule has 1 atom stereocenters. The fourth-order valence-corrected chi connectivity index (χ4v) is 1.77. The number of cyclic esters (lactones) is 2.